The molecule has 2 rings (SSSR count). The molecule has 1 aromatic carbocycles. The van der Waals surface area contributed by atoms with Crippen molar-refractivity contribution >= 4 is 5.69 Å². The molecule has 6 nitrogen and oxygen atoms in total. The van der Waals surface area contributed by atoms with E-state index in [-0.39, 0.29) is 0 Å². The van der Waals surface area contributed by atoms with Crippen LogP contribution in [0.1, 0.15) is 31.7 Å². The van der Waals surface area contributed by atoms with E-state index in [1.54, 1.807) is 9.58 Å². The number of aryl methyl sites for hydroxylation is 2. The van der Waals surface area contributed by atoms with Gasteiger partial charge in [0, 0.05) is 6.54 Å². The molecule has 0 N–H and O–H groups in total. The number of aromatic nitrogens is 4. The zero-order valence-corrected chi connectivity index (χ0v) is 11.8. The minimum atomic E-state index is 0.386. The molecule has 1 heterocycles. The first-order valence-corrected chi connectivity index (χ1v) is 6.79. The van der Waals surface area contributed by atoms with Crippen molar-refractivity contribution in [3.63, 3.8) is 0 Å². The van der Waals surface area contributed by atoms with Crippen molar-refractivity contribution in [3.05, 3.63) is 35.7 Å². The second-order valence-corrected chi connectivity index (χ2v) is 4.53. The molecule has 0 saturated carbocycles. The fraction of sp³-hybridized carbons (Fsp3) is 0.429. The van der Waals surface area contributed by atoms with Gasteiger partial charge < -0.3 is 0 Å². The second kappa shape index (κ2) is 6.66. The van der Waals surface area contributed by atoms with Crippen molar-refractivity contribution in [2.45, 2.75) is 39.8 Å². The highest BCUT2D eigenvalue weighted by atomic mass is 15.5. The van der Waals surface area contributed by atoms with E-state index in [1.807, 2.05) is 18.2 Å². The molecule has 104 valence electrons. The summed E-state index contributed by atoms with van der Waals surface area (Å²) in [4.78, 5) is 1.61. The lowest BCUT2D eigenvalue weighted by Crippen LogP contribution is -2.19. The van der Waals surface area contributed by atoms with Crippen molar-refractivity contribution in [2.24, 2.45) is 0 Å². The molecular weight excluding hydrogens is 252 g/mol. The second-order valence-electron chi connectivity index (χ2n) is 4.53. The van der Waals surface area contributed by atoms with E-state index in [2.05, 4.69) is 41.6 Å². The summed E-state index contributed by atoms with van der Waals surface area (Å²) < 4.78 is 1.74. The van der Waals surface area contributed by atoms with Gasteiger partial charge in [-0.05, 0) is 41.0 Å². The summed E-state index contributed by atoms with van der Waals surface area (Å²) in [5.41, 5.74) is 2.08. The standard InChI is InChI=1S/C14H18N6/c1-3-8-20-14(16-17-18-20)10-19(11-15)13-7-5-6-12(4-2)9-13/h5-7,9H,3-4,8,10H2,1-2H3. The smallest absolute Gasteiger partial charge is 0.184 e. The molecule has 0 atom stereocenters. The van der Waals surface area contributed by atoms with Crippen LogP contribution >= 0.6 is 0 Å². The summed E-state index contributed by atoms with van der Waals surface area (Å²) >= 11 is 0. The summed E-state index contributed by atoms with van der Waals surface area (Å²) in [5.74, 6) is 0.704. The van der Waals surface area contributed by atoms with Gasteiger partial charge in [-0.2, -0.15) is 5.26 Å². The maximum Gasteiger partial charge on any atom is 0.184 e. The van der Waals surface area contributed by atoms with E-state index in [9.17, 15) is 5.26 Å². The average molecular weight is 270 g/mol. The van der Waals surface area contributed by atoms with Gasteiger partial charge in [0.1, 0.15) is 0 Å². The minimum Gasteiger partial charge on any atom is -0.272 e. The number of hydrogen-bond donors (Lipinski definition) is 0. The zero-order chi connectivity index (χ0) is 14.4. The number of benzene rings is 1. The number of anilines is 1. The van der Waals surface area contributed by atoms with Crippen molar-refractivity contribution in [1.82, 2.24) is 20.2 Å². The Morgan fingerprint density at radius 2 is 2.20 bits per heavy atom. The van der Waals surface area contributed by atoms with Gasteiger partial charge in [0.25, 0.3) is 0 Å². The van der Waals surface area contributed by atoms with E-state index in [0.29, 0.717) is 12.4 Å². The number of nitrogens with zero attached hydrogens (tertiary/aromatic N) is 6. The summed E-state index contributed by atoms with van der Waals surface area (Å²) in [6.07, 6.45) is 4.10. The molecule has 0 aliphatic heterocycles. The predicted molar refractivity (Wildman–Crippen MR) is 75.7 cm³/mol. The molecule has 0 amide bonds. The van der Waals surface area contributed by atoms with Crippen LogP contribution in [-0.2, 0) is 19.5 Å². The third-order valence-corrected chi connectivity index (χ3v) is 3.09. The third-order valence-electron chi connectivity index (χ3n) is 3.09. The normalized spacial score (nSPS) is 10.2. The monoisotopic (exact) mass is 270 g/mol. The van der Waals surface area contributed by atoms with Crippen molar-refractivity contribution in [3.8, 4) is 6.19 Å². The Hall–Kier alpha value is -2.42. The molecule has 20 heavy (non-hydrogen) atoms. The molecule has 0 saturated heterocycles. The fourth-order valence-corrected chi connectivity index (χ4v) is 1.99. The molecule has 0 aliphatic rings. The molecule has 0 spiro atoms. The molecule has 0 fully saturated rings. The molecule has 0 radical (unpaired) electrons. The molecule has 0 unspecified atom stereocenters. The third kappa shape index (κ3) is 3.12. The van der Waals surface area contributed by atoms with Gasteiger partial charge in [0.05, 0.1) is 12.2 Å². The van der Waals surface area contributed by atoms with Crippen LogP contribution in [0.4, 0.5) is 5.69 Å². The Morgan fingerprint density at radius 3 is 2.90 bits per heavy atom. The average Bonchev–Trinajstić information content (AvgIpc) is 2.92. The van der Waals surface area contributed by atoms with E-state index < -0.39 is 0 Å². The van der Waals surface area contributed by atoms with Crippen LogP contribution in [0.25, 0.3) is 0 Å². The highest BCUT2D eigenvalue weighted by molar-refractivity contribution is 5.52. The molecule has 0 bridgehead atoms. The Kier molecular flexibility index (Phi) is 4.66. The lowest BCUT2D eigenvalue weighted by Gasteiger charge is -2.15. The van der Waals surface area contributed by atoms with E-state index >= 15 is 0 Å². The zero-order valence-electron chi connectivity index (χ0n) is 11.8. The van der Waals surface area contributed by atoms with Gasteiger partial charge in [-0.1, -0.05) is 26.0 Å². The van der Waals surface area contributed by atoms with Gasteiger partial charge in [0.15, 0.2) is 12.0 Å². The Bertz CT molecular complexity index is 598. The van der Waals surface area contributed by atoms with Gasteiger partial charge in [-0.3, -0.25) is 4.90 Å². The summed E-state index contributed by atoms with van der Waals surface area (Å²) in [6, 6.07) is 7.97. The lowest BCUT2D eigenvalue weighted by atomic mass is 10.1. The quantitative estimate of drug-likeness (QED) is 0.594. The highest BCUT2D eigenvalue weighted by Crippen LogP contribution is 2.17. The first kappa shape index (κ1) is 14.0. The fourth-order valence-electron chi connectivity index (χ4n) is 1.99. The number of rotatable bonds is 6. The molecule has 0 aliphatic carbocycles. The highest BCUT2D eigenvalue weighted by Gasteiger charge is 2.12. The molecule has 1 aromatic heterocycles. The van der Waals surface area contributed by atoms with E-state index in [0.717, 1.165) is 25.1 Å². The van der Waals surface area contributed by atoms with Crippen molar-refractivity contribution < 1.29 is 0 Å². The maximum atomic E-state index is 9.36. The first-order valence-electron chi connectivity index (χ1n) is 6.79. The topological polar surface area (TPSA) is 70.6 Å². The number of tetrazole rings is 1. The van der Waals surface area contributed by atoms with Crippen LogP contribution in [0.2, 0.25) is 0 Å². The summed E-state index contributed by atoms with van der Waals surface area (Å²) in [7, 11) is 0. The SMILES string of the molecule is CCCn1nnnc1CN(C#N)c1cccc(CC)c1. The lowest BCUT2D eigenvalue weighted by molar-refractivity contribution is 0.554. The van der Waals surface area contributed by atoms with E-state index in [4.69, 9.17) is 0 Å². The van der Waals surface area contributed by atoms with Crippen LogP contribution in [0.3, 0.4) is 0 Å². The Balaban J connectivity index is 2.20. The predicted octanol–water partition coefficient (Wildman–Crippen LogP) is 2.13. The van der Waals surface area contributed by atoms with Crippen LogP contribution in [0.15, 0.2) is 24.3 Å². The Labute approximate surface area is 118 Å². The van der Waals surface area contributed by atoms with Crippen LogP contribution in [-0.4, -0.2) is 20.2 Å². The van der Waals surface area contributed by atoms with Crippen LogP contribution in [0.5, 0.6) is 0 Å². The number of hydrogen-bond acceptors (Lipinski definition) is 5. The van der Waals surface area contributed by atoms with Crippen molar-refractivity contribution in [2.75, 3.05) is 4.90 Å². The Morgan fingerprint density at radius 1 is 1.35 bits per heavy atom. The molecule has 2 aromatic rings. The van der Waals surface area contributed by atoms with Gasteiger partial charge >= 0.3 is 0 Å². The minimum absolute atomic E-state index is 0.386. The summed E-state index contributed by atoms with van der Waals surface area (Å²) in [5, 5.41) is 21.0. The van der Waals surface area contributed by atoms with Gasteiger partial charge in [0.2, 0.25) is 0 Å². The van der Waals surface area contributed by atoms with Gasteiger partial charge in [-0.15, -0.1) is 5.10 Å². The maximum absolute atomic E-state index is 9.36. The number of nitriles is 1. The molecule has 6 heteroatoms. The van der Waals surface area contributed by atoms with E-state index in [1.165, 1.54) is 5.56 Å². The van der Waals surface area contributed by atoms with Crippen LogP contribution < -0.4 is 4.90 Å². The molecular formula is C14H18N6. The van der Waals surface area contributed by atoms with Crippen LogP contribution in [0, 0.1) is 11.5 Å². The largest absolute Gasteiger partial charge is 0.272 e. The van der Waals surface area contributed by atoms with Gasteiger partial charge in [-0.25, -0.2) is 4.68 Å². The summed E-state index contributed by atoms with van der Waals surface area (Å²) in [6.45, 7) is 5.31. The first-order chi connectivity index (χ1) is 9.78. The van der Waals surface area contributed by atoms with Crippen molar-refractivity contribution in [1.29, 1.82) is 5.26 Å².